The Morgan fingerprint density at radius 2 is 1.91 bits per heavy atom. The van der Waals surface area contributed by atoms with E-state index >= 15 is 0 Å². The predicted molar refractivity (Wildman–Crippen MR) is 121 cm³/mol. The third kappa shape index (κ3) is 3.35. The zero-order chi connectivity index (χ0) is 22.8. The predicted octanol–water partition coefficient (Wildman–Crippen LogP) is 5.15. The van der Waals surface area contributed by atoms with Crippen LogP contribution in [0.25, 0.3) is 0 Å². The largest absolute Gasteiger partial charge is 0.469 e. The molecule has 5 rings (SSSR count). The van der Waals surface area contributed by atoms with Gasteiger partial charge >= 0.3 is 11.9 Å². The Morgan fingerprint density at radius 3 is 2.62 bits per heavy atom. The maximum Gasteiger partial charge on any atom is 0.305 e. The van der Waals surface area contributed by atoms with Gasteiger partial charge in [-0.3, -0.25) is 9.59 Å². The van der Waals surface area contributed by atoms with Crippen molar-refractivity contribution in [3.8, 4) is 0 Å². The van der Waals surface area contributed by atoms with E-state index in [1.165, 1.54) is 39.7 Å². The van der Waals surface area contributed by atoms with Gasteiger partial charge in [-0.1, -0.05) is 20.8 Å². The molecule has 11 atom stereocenters. The van der Waals surface area contributed by atoms with Crippen molar-refractivity contribution in [1.29, 1.82) is 0 Å². The highest BCUT2D eigenvalue weighted by Gasteiger charge is 2.73. The van der Waals surface area contributed by atoms with E-state index in [2.05, 4.69) is 20.8 Å². The van der Waals surface area contributed by atoms with E-state index in [9.17, 15) is 9.59 Å². The fourth-order valence-electron chi connectivity index (χ4n) is 9.54. The molecule has 5 fully saturated rings. The van der Waals surface area contributed by atoms with Gasteiger partial charge in [0.1, 0.15) is 6.10 Å². The first-order chi connectivity index (χ1) is 15.2. The molecular formula is C27H42O5. The summed E-state index contributed by atoms with van der Waals surface area (Å²) in [7, 11) is 1.49. The summed E-state index contributed by atoms with van der Waals surface area (Å²) in [6.07, 6.45) is 10.7. The van der Waals surface area contributed by atoms with Gasteiger partial charge < -0.3 is 14.2 Å². The van der Waals surface area contributed by atoms with Crippen LogP contribution < -0.4 is 0 Å². The molecule has 4 saturated carbocycles. The standard InChI is InChI=1S/C27H42O5/c1-15(6-11-22(29)30-5)20-9-10-21-19-8-7-17-14-18(31-16(2)28)12-13-26(17,3)23(19)24-25(32-24)27(20,21)4/h15,17-21,23-25H,6-14H2,1-5H3/t15-,17+,18+,19-,20+,21-,23+,24-,25-,26-,27+/m0/s1. The molecule has 0 aromatic carbocycles. The van der Waals surface area contributed by atoms with Crippen LogP contribution in [0.1, 0.15) is 85.5 Å². The molecule has 1 saturated heterocycles. The average Bonchev–Trinajstić information content (AvgIpc) is 3.47. The first-order valence-electron chi connectivity index (χ1n) is 13.1. The van der Waals surface area contributed by atoms with Crippen molar-refractivity contribution >= 4 is 11.9 Å². The number of carbonyl (C=O) groups excluding carboxylic acids is 2. The second-order valence-corrected chi connectivity index (χ2v) is 12.2. The van der Waals surface area contributed by atoms with Crippen LogP contribution >= 0.6 is 0 Å². The van der Waals surface area contributed by atoms with Gasteiger partial charge in [0.25, 0.3) is 0 Å². The van der Waals surface area contributed by atoms with Crippen LogP contribution in [0, 0.1) is 46.3 Å². The van der Waals surface area contributed by atoms with Crippen molar-refractivity contribution in [2.24, 2.45) is 46.3 Å². The van der Waals surface area contributed by atoms with Gasteiger partial charge in [-0.15, -0.1) is 0 Å². The van der Waals surface area contributed by atoms with Gasteiger partial charge in [0.15, 0.2) is 0 Å². The second-order valence-electron chi connectivity index (χ2n) is 12.2. The highest BCUT2D eigenvalue weighted by Crippen LogP contribution is 2.73. The highest BCUT2D eigenvalue weighted by molar-refractivity contribution is 5.69. The zero-order valence-electron chi connectivity index (χ0n) is 20.6. The van der Waals surface area contributed by atoms with Crippen LogP contribution in [0.5, 0.6) is 0 Å². The van der Waals surface area contributed by atoms with E-state index in [1.54, 1.807) is 0 Å². The third-order valence-electron chi connectivity index (χ3n) is 11.0. The Morgan fingerprint density at radius 1 is 1.12 bits per heavy atom. The minimum atomic E-state index is -0.135. The number of fused-ring (bicyclic) bond motifs is 8. The molecule has 180 valence electrons. The lowest BCUT2D eigenvalue weighted by Gasteiger charge is -2.59. The molecule has 0 radical (unpaired) electrons. The SMILES string of the molecule is COC(=O)CC[C@H](C)[C@H]1CC[C@H]2[C@@H]3CC[C@@H]4C[C@H](OC(C)=O)CC[C@]4(C)[C@H]3[C@@H]3O[C@@H]3[C@]12C. The van der Waals surface area contributed by atoms with Crippen LogP contribution in [0.3, 0.4) is 0 Å². The fourth-order valence-corrected chi connectivity index (χ4v) is 9.54. The van der Waals surface area contributed by atoms with Gasteiger partial charge in [-0.2, -0.15) is 0 Å². The van der Waals surface area contributed by atoms with Gasteiger partial charge in [0, 0.05) is 18.8 Å². The summed E-state index contributed by atoms with van der Waals surface area (Å²) in [5, 5.41) is 0. The summed E-state index contributed by atoms with van der Waals surface area (Å²) < 4.78 is 17.1. The van der Waals surface area contributed by atoms with Crippen molar-refractivity contribution < 1.29 is 23.8 Å². The van der Waals surface area contributed by atoms with E-state index in [4.69, 9.17) is 14.2 Å². The molecule has 0 unspecified atom stereocenters. The topological polar surface area (TPSA) is 65.1 Å². The summed E-state index contributed by atoms with van der Waals surface area (Å²) in [5.41, 5.74) is 0.564. The molecule has 0 N–H and O–H groups in total. The molecule has 0 bridgehead atoms. The normalized spacial score (nSPS) is 49.7. The van der Waals surface area contributed by atoms with Crippen LogP contribution in [0.15, 0.2) is 0 Å². The number of hydrogen-bond acceptors (Lipinski definition) is 5. The van der Waals surface area contributed by atoms with Gasteiger partial charge in [0.2, 0.25) is 0 Å². The molecule has 5 aliphatic rings. The lowest BCUT2D eigenvalue weighted by Crippen LogP contribution is -2.57. The molecule has 0 aromatic heterocycles. The van der Waals surface area contributed by atoms with Crippen molar-refractivity contribution in [3.05, 3.63) is 0 Å². The summed E-state index contributed by atoms with van der Waals surface area (Å²) in [5.74, 6) is 3.74. The molecular weight excluding hydrogens is 404 g/mol. The second kappa shape index (κ2) is 7.99. The quantitative estimate of drug-likeness (QED) is 0.431. The maximum absolute atomic E-state index is 11.7. The van der Waals surface area contributed by atoms with Crippen LogP contribution in [0.2, 0.25) is 0 Å². The summed E-state index contributed by atoms with van der Waals surface area (Å²) in [6, 6.07) is 0. The Labute approximate surface area is 193 Å². The van der Waals surface area contributed by atoms with Crippen LogP contribution in [-0.4, -0.2) is 37.4 Å². The number of carbonyl (C=O) groups is 2. The van der Waals surface area contributed by atoms with E-state index in [-0.39, 0.29) is 23.5 Å². The molecule has 1 heterocycles. The van der Waals surface area contributed by atoms with Gasteiger partial charge in [-0.05, 0) is 92.3 Å². The first kappa shape index (κ1) is 22.7. The Hall–Kier alpha value is -1.10. The van der Waals surface area contributed by atoms with Crippen molar-refractivity contribution in [1.82, 2.24) is 0 Å². The monoisotopic (exact) mass is 446 g/mol. The Bertz CT molecular complexity index is 765. The highest BCUT2D eigenvalue weighted by atomic mass is 16.6. The number of methoxy groups -OCH3 is 1. The summed E-state index contributed by atoms with van der Waals surface area (Å²) in [4.78, 5) is 23.2. The lowest BCUT2D eigenvalue weighted by atomic mass is 9.44. The molecule has 0 spiro atoms. The first-order valence-corrected chi connectivity index (χ1v) is 13.1. The summed E-state index contributed by atoms with van der Waals surface area (Å²) >= 11 is 0. The minimum absolute atomic E-state index is 0.0867. The van der Waals surface area contributed by atoms with E-state index in [1.807, 2.05) is 0 Å². The minimum Gasteiger partial charge on any atom is -0.469 e. The van der Waals surface area contributed by atoms with Crippen molar-refractivity contribution in [2.75, 3.05) is 7.11 Å². The van der Waals surface area contributed by atoms with E-state index in [0.717, 1.165) is 37.5 Å². The molecule has 0 aromatic rings. The fraction of sp³-hybridized carbons (Fsp3) is 0.926. The van der Waals surface area contributed by atoms with E-state index in [0.29, 0.717) is 47.7 Å². The molecule has 5 nitrogen and oxygen atoms in total. The number of esters is 2. The molecule has 1 aliphatic heterocycles. The van der Waals surface area contributed by atoms with Crippen molar-refractivity contribution in [3.63, 3.8) is 0 Å². The smallest absolute Gasteiger partial charge is 0.305 e. The van der Waals surface area contributed by atoms with Crippen LogP contribution in [-0.2, 0) is 23.8 Å². The summed E-state index contributed by atoms with van der Waals surface area (Å²) in [6.45, 7) is 8.94. The van der Waals surface area contributed by atoms with Gasteiger partial charge in [-0.25, -0.2) is 0 Å². The zero-order valence-corrected chi connectivity index (χ0v) is 20.6. The number of ether oxygens (including phenoxy) is 3. The molecule has 5 heteroatoms. The number of hydrogen-bond donors (Lipinski definition) is 0. The van der Waals surface area contributed by atoms with Crippen LogP contribution in [0.4, 0.5) is 0 Å². The third-order valence-corrected chi connectivity index (χ3v) is 11.0. The van der Waals surface area contributed by atoms with Gasteiger partial charge in [0.05, 0.1) is 19.3 Å². The number of rotatable bonds is 5. The van der Waals surface area contributed by atoms with Crippen molar-refractivity contribution in [2.45, 2.75) is 104 Å². The maximum atomic E-state index is 11.7. The lowest BCUT2D eigenvalue weighted by molar-refractivity contribution is -0.158. The van der Waals surface area contributed by atoms with E-state index < -0.39 is 0 Å². The molecule has 32 heavy (non-hydrogen) atoms. The Balaban J connectivity index is 1.33. The molecule has 4 aliphatic carbocycles. The number of epoxide rings is 1. The molecule has 0 amide bonds. The average molecular weight is 447 g/mol. The Kier molecular flexibility index (Phi) is 5.66.